The molecule has 0 aliphatic carbocycles. The van der Waals surface area contributed by atoms with E-state index < -0.39 is 0 Å². The van der Waals surface area contributed by atoms with Gasteiger partial charge in [-0.3, -0.25) is 9.69 Å². The second kappa shape index (κ2) is 7.75. The summed E-state index contributed by atoms with van der Waals surface area (Å²) in [5.41, 5.74) is 3.10. The summed E-state index contributed by atoms with van der Waals surface area (Å²) in [6, 6.07) is 5.91. The monoisotopic (exact) mass is 304 g/mol. The van der Waals surface area contributed by atoms with Gasteiger partial charge in [-0.15, -0.1) is 0 Å². The Labute approximate surface area is 133 Å². The lowest BCUT2D eigenvalue weighted by Gasteiger charge is -2.35. The predicted molar refractivity (Wildman–Crippen MR) is 90.1 cm³/mol. The Bertz CT molecular complexity index is 496. The average Bonchev–Trinajstić information content (AvgIpc) is 2.51. The lowest BCUT2D eigenvalue weighted by Crippen LogP contribution is -2.49. The summed E-state index contributed by atoms with van der Waals surface area (Å²) in [5, 5.41) is 13.0. The number of β-amino-alcohol motifs (C(OH)–C–C–N with tert-alkyl or cyclic N) is 1. The number of piperidine rings is 1. The van der Waals surface area contributed by atoms with Crippen molar-refractivity contribution in [2.45, 2.75) is 58.6 Å². The van der Waals surface area contributed by atoms with Gasteiger partial charge in [0.2, 0.25) is 5.91 Å². The number of carbonyl (C=O) groups excluding carboxylic acids is 1. The Hall–Kier alpha value is -1.39. The van der Waals surface area contributed by atoms with Gasteiger partial charge in [-0.2, -0.15) is 0 Å². The number of aryl methyl sites for hydroxylation is 2. The fraction of sp³-hybridized carbons (Fsp3) is 0.611. The van der Waals surface area contributed by atoms with Crippen molar-refractivity contribution in [1.82, 2.24) is 4.90 Å². The van der Waals surface area contributed by atoms with Crippen molar-refractivity contribution in [3.05, 3.63) is 29.3 Å². The molecular formula is C18H28N2O2. The number of nitrogens with zero attached hydrogens (tertiary/aromatic N) is 1. The van der Waals surface area contributed by atoms with Crippen molar-refractivity contribution in [3.63, 3.8) is 0 Å². The largest absolute Gasteiger partial charge is 0.392 e. The maximum absolute atomic E-state index is 12.7. The van der Waals surface area contributed by atoms with E-state index in [1.165, 1.54) is 0 Å². The van der Waals surface area contributed by atoms with E-state index in [1.54, 1.807) is 0 Å². The number of aliphatic hydroxyl groups excluding tert-OH is 1. The fourth-order valence-electron chi connectivity index (χ4n) is 3.12. The highest BCUT2D eigenvalue weighted by atomic mass is 16.3. The number of carbonyl (C=O) groups is 1. The number of hydrogen-bond acceptors (Lipinski definition) is 3. The number of rotatable bonds is 5. The Kier molecular flexibility index (Phi) is 5.98. The van der Waals surface area contributed by atoms with Crippen LogP contribution in [0.3, 0.4) is 0 Å². The Morgan fingerprint density at radius 2 is 2.05 bits per heavy atom. The number of amides is 1. The first-order valence-electron chi connectivity index (χ1n) is 8.32. The summed E-state index contributed by atoms with van der Waals surface area (Å²) in [4.78, 5) is 14.9. The second-order valence-corrected chi connectivity index (χ2v) is 6.32. The SMILES string of the molecule is CCC(O)CN1CCCCC1C(=O)Nc1c(C)cccc1C. The Morgan fingerprint density at radius 3 is 2.68 bits per heavy atom. The van der Waals surface area contributed by atoms with Crippen LogP contribution in [-0.2, 0) is 4.79 Å². The maximum Gasteiger partial charge on any atom is 0.241 e. The van der Waals surface area contributed by atoms with E-state index in [0.29, 0.717) is 6.54 Å². The Balaban J connectivity index is 2.09. The van der Waals surface area contributed by atoms with Gasteiger partial charge in [0.1, 0.15) is 0 Å². The minimum Gasteiger partial charge on any atom is -0.392 e. The quantitative estimate of drug-likeness (QED) is 0.879. The fourth-order valence-corrected chi connectivity index (χ4v) is 3.12. The molecule has 0 radical (unpaired) electrons. The van der Waals surface area contributed by atoms with Gasteiger partial charge in [0.25, 0.3) is 0 Å². The van der Waals surface area contributed by atoms with Crippen LogP contribution in [0.4, 0.5) is 5.69 Å². The van der Waals surface area contributed by atoms with E-state index in [0.717, 1.165) is 49.0 Å². The molecule has 4 nitrogen and oxygen atoms in total. The van der Waals surface area contributed by atoms with Gasteiger partial charge in [0, 0.05) is 12.2 Å². The van der Waals surface area contributed by atoms with Gasteiger partial charge in [0.05, 0.1) is 12.1 Å². The number of nitrogens with one attached hydrogen (secondary N) is 1. The smallest absolute Gasteiger partial charge is 0.241 e. The lowest BCUT2D eigenvalue weighted by atomic mass is 10.00. The second-order valence-electron chi connectivity index (χ2n) is 6.32. The maximum atomic E-state index is 12.7. The van der Waals surface area contributed by atoms with Crippen LogP contribution in [-0.4, -0.2) is 41.1 Å². The topological polar surface area (TPSA) is 52.6 Å². The number of benzene rings is 1. The van der Waals surface area contributed by atoms with Crippen LogP contribution < -0.4 is 5.32 Å². The number of likely N-dealkylation sites (tertiary alicyclic amines) is 1. The van der Waals surface area contributed by atoms with Crippen LogP contribution in [0.5, 0.6) is 0 Å². The molecule has 2 atom stereocenters. The molecule has 1 heterocycles. The first-order valence-corrected chi connectivity index (χ1v) is 8.32. The summed E-state index contributed by atoms with van der Waals surface area (Å²) < 4.78 is 0. The van der Waals surface area contributed by atoms with E-state index in [4.69, 9.17) is 0 Å². The molecule has 2 N–H and O–H groups in total. The summed E-state index contributed by atoms with van der Waals surface area (Å²) in [6.45, 7) is 7.48. The summed E-state index contributed by atoms with van der Waals surface area (Å²) >= 11 is 0. The molecule has 1 amide bonds. The molecule has 122 valence electrons. The molecule has 0 spiro atoms. The lowest BCUT2D eigenvalue weighted by molar-refractivity contribution is -0.123. The predicted octanol–water partition coefficient (Wildman–Crippen LogP) is 2.87. The zero-order chi connectivity index (χ0) is 16.1. The van der Waals surface area contributed by atoms with Gasteiger partial charge in [-0.25, -0.2) is 0 Å². The summed E-state index contributed by atoms with van der Waals surface area (Å²) in [7, 11) is 0. The molecule has 2 rings (SSSR count). The highest BCUT2D eigenvalue weighted by Crippen LogP contribution is 2.23. The minimum atomic E-state index is -0.353. The molecule has 4 heteroatoms. The summed E-state index contributed by atoms with van der Waals surface area (Å²) in [6.07, 6.45) is 3.41. The third-order valence-electron chi connectivity index (χ3n) is 4.56. The number of para-hydroxylation sites is 1. The molecule has 2 unspecified atom stereocenters. The van der Waals surface area contributed by atoms with E-state index in [2.05, 4.69) is 10.2 Å². The van der Waals surface area contributed by atoms with E-state index in [1.807, 2.05) is 39.0 Å². The van der Waals surface area contributed by atoms with E-state index in [9.17, 15) is 9.90 Å². The molecule has 0 bridgehead atoms. The summed E-state index contributed by atoms with van der Waals surface area (Å²) in [5.74, 6) is 0.0559. The van der Waals surface area contributed by atoms with Gasteiger partial charge in [-0.1, -0.05) is 31.5 Å². The molecule has 1 aliphatic heterocycles. The molecule has 1 aliphatic rings. The standard InChI is InChI=1S/C18H28N2O2/c1-4-15(21)12-20-11-6-5-10-16(20)18(22)19-17-13(2)8-7-9-14(17)3/h7-9,15-16,21H,4-6,10-12H2,1-3H3,(H,19,22). The third-order valence-corrected chi connectivity index (χ3v) is 4.56. The third kappa shape index (κ3) is 4.08. The van der Waals surface area contributed by atoms with Crippen LogP contribution in [0.15, 0.2) is 18.2 Å². The van der Waals surface area contributed by atoms with E-state index >= 15 is 0 Å². The average molecular weight is 304 g/mol. The van der Waals surface area contributed by atoms with Crippen molar-refractivity contribution >= 4 is 11.6 Å². The number of aliphatic hydroxyl groups is 1. The van der Waals surface area contributed by atoms with Crippen molar-refractivity contribution in [2.24, 2.45) is 0 Å². The normalized spacial score (nSPS) is 20.6. The van der Waals surface area contributed by atoms with Crippen molar-refractivity contribution < 1.29 is 9.90 Å². The van der Waals surface area contributed by atoms with Crippen LogP contribution in [0.25, 0.3) is 0 Å². The van der Waals surface area contributed by atoms with Gasteiger partial charge >= 0.3 is 0 Å². The molecule has 1 aromatic rings. The van der Waals surface area contributed by atoms with Crippen LogP contribution in [0.2, 0.25) is 0 Å². The van der Waals surface area contributed by atoms with Crippen molar-refractivity contribution in [3.8, 4) is 0 Å². The van der Waals surface area contributed by atoms with Crippen molar-refractivity contribution in [2.75, 3.05) is 18.4 Å². The van der Waals surface area contributed by atoms with E-state index in [-0.39, 0.29) is 18.1 Å². The molecule has 1 saturated heterocycles. The van der Waals surface area contributed by atoms with Gasteiger partial charge < -0.3 is 10.4 Å². The zero-order valence-electron chi connectivity index (χ0n) is 13.9. The van der Waals surface area contributed by atoms with Crippen LogP contribution >= 0.6 is 0 Å². The van der Waals surface area contributed by atoms with Crippen LogP contribution in [0.1, 0.15) is 43.7 Å². The molecule has 1 aromatic carbocycles. The zero-order valence-corrected chi connectivity index (χ0v) is 13.9. The van der Waals surface area contributed by atoms with Crippen molar-refractivity contribution in [1.29, 1.82) is 0 Å². The Morgan fingerprint density at radius 1 is 1.36 bits per heavy atom. The molecule has 0 saturated carbocycles. The molecule has 0 aromatic heterocycles. The molecular weight excluding hydrogens is 276 g/mol. The minimum absolute atomic E-state index is 0.0559. The first-order chi connectivity index (χ1) is 10.5. The number of hydrogen-bond donors (Lipinski definition) is 2. The van der Waals surface area contributed by atoms with Gasteiger partial charge in [0.15, 0.2) is 0 Å². The highest BCUT2D eigenvalue weighted by Gasteiger charge is 2.30. The first kappa shape index (κ1) is 17.0. The number of anilines is 1. The van der Waals surface area contributed by atoms with Crippen LogP contribution in [0, 0.1) is 13.8 Å². The van der Waals surface area contributed by atoms with Gasteiger partial charge in [-0.05, 0) is 50.8 Å². The highest BCUT2D eigenvalue weighted by molar-refractivity contribution is 5.96. The molecule has 1 fully saturated rings. The molecule has 22 heavy (non-hydrogen) atoms.